The lowest BCUT2D eigenvalue weighted by Gasteiger charge is -2.33. The minimum Gasteiger partial charge on any atom is -0.353 e. The number of anilines is 1. The second kappa shape index (κ2) is 6.53. The molecule has 150 valence electrons. The lowest BCUT2D eigenvalue weighted by molar-refractivity contribution is 0.386. The van der Waals surface area contributed by atoms with Gasteiger partial charge in [-0.15, -0.1) is 5.10 Å². The molecule has 29 heavy (non-hydrogen) atoms. The summed E-state index contributed by atoms with van der Waals surface area (Å²) in [5.74, 6) is 0.811. The highest BCUT2D eigenvalue weighted by molar-refractivity contribution is 7.88. The van der Waals surface area contributed by atoms with Crippen molar-refractivity contribution in [1.29, 1.82) is 0 Å². The van der Waals surface area contributed by atoms with E-state index in [1.165, 1.54) is 10.6 Å². The van der Waals surface area contributed by atoms with E-state index in [2.05, 4.69) is 26.1 Å². The number of nitrogens with one attached hydrogen (secondary N) is 1. The van der Waals surface area contributed by atoms with Crippen LogP contribution in [0.25, 0.3) is 27.8 Å². The smallest absolute Gasteiger partial charge is 0.211 e. The van der Waals surface area contributed by atoms with E-state index < -0.39 is 10.0 Å². The first kappa shape index (κ1) is 18.1. The van der Waals surface area contributed by atoms with Crippen LogP contribution in [0.4, 0.5) is 5.82 Å². The summed E-state index contributed by atoms with van der Waals surface area (Å²) in [4.78, 5) is 6.59. The Hall–Kier alpha value is -2.98. The molecule has 0 amide bonds. The lowest BCUT2D eigenvalue weighted by atomic mass is 10.1. The number of rotatable bonds is 3. The Morgan fingerprint density at radius 3 is 2.62 bits per heavy atom. The van der Waals surface area contributed by atoms with Gasteiger partial charge in [0.15, 0.2) is 5.65 Å². The van der Waals surface area contributed by atoms with Gasteiger partial charge in [0.25, 0.3) is 0 Å². The Morgan fingerprint density at radius 2 is 1.86 bits per heavy atom. The number of aryl methyl sites for hydroxylation is 1. The van der Waals surface area contributed by atoms with Crippen molar-refractivity contribution in [3.8, 4) is 11.3 Å². The molecular formula is C19H21N7O2S. The summed E-state index contributed by atoms with van der Waals surface area (Å²) in [6.07, 6.45) is 3.08. The number of fused-ring (bicyclic) bond motifs is 2. The summed E-state index contributed by atoms with van der Waals surface area (Å²) in [6, 6.07) is 9.98. The van der Waals surface area contributed by atoms with Crippen molar-refractivity contribution in [1.82, 2.24) is 29.1 Å². The van der Waals surface area contributed by atoms with E-state index in [0.717, 1.165) is 39.3 Å². The Morgan fingerprint density at radius 1 is 1.07 bits per heavy atom. The van der Waals surface area contributed by atoms with Gasteiger partial charge in [0.05, 0.1) is 23.7 Å². The van der Waals surface area contributed by atoms with Gasteiger partial charge in [-0.05, 0) is 31.2 Å². The average Bonchev–Trinajstić information content (AvgIpc) is 3.30. The number of imidazole rings is 1. The first-order valence-electron chi connectivity index (χ1n) is 9.40. The maximum absolute atomic E-state index is 11.7. The molecule has 1 N–H and O–H groups in total. The fourth-order valence-electron chi connectivity index (χ4n) is 3.78. The third kappa shape index (κ3) is 3.14. The van der Waals surface area contributed by atoms with Crippen molar-refractivity contribution in [2.45, 2.75) is 6.92 Å². The van der Waals surface area contributed by atoms with Gasteiger partial charge in [-0.2, -0.15) is 9.40 Å². The van der Waals surface area contributed by atoms with Crippen LogP contribution in [-0.4, -0.2) is 70.0 Å². The van der Waals surface area contributed by atoms with Gasteiger partial charge < -0.3 is 4.90 Å². The molecule has 0 aliphatic carbocycles. The summed E-state index contributed by atoms with van der Waals surface area (Å²) in [5, 5.41) is 13.2. The van der Waals surface area contributed by atoms with Crippen LogP contribution in [0.15, 0.2) is 36.5 Å². The van der Waals surface area contributed by atoms with Crippen LogP contribution in [-0.2, 0) is 10.0 Å². The molecule has 4 heterocycles. The number of aromatic nitrogens is 5. The van der Waals surface area contributed by atoms with Crippen LogP contribution in [0, 0.1) is 6.92 Å². The molecule has 9 nitrogen and oxygen atoms in total. The largest absolute Gasteiger partial charge is 0.353 e. The van der Waals surface area contributed by atoms with Crippen molar-refractivity contribution in [3.05, 3.63) is 42.2 Å². The number of benzene rings is 1. The highest BCUT2D eigenvalue weighted by atomic mass is 32.2. The van der Waals surface area contributed by atoms with E-state index in [1.807, 2.05) is 41.9 Å². The summed E-state index contributed by atoms with van der Waals surface area (Å²) in [6.45, 7) is 4.14. The fraction of sp³-hybridized carbons (Fsp3) is 0.316. The summed E-state index contributed by atoms with van der Waals surface area (Å²) in [5.41, 5.74) is 4.63. The molecule has 5 rings (SSSR count). The van der Waals surface area contributed by atoms with Gasteiger partial charge in [0.1, 0.15) is 5.82 Å². The van der Waals surface area contributed by atoms with Crippen LogP contribution >= 0.6 is 0 Å². The van der Waals surface area contributed by atoms with E-state index in [-0.39, 0.29) is 0 Å². The van der Waals surface area contributed by atoms with E-state index in [1.54, 1.807) is 0 Å². The Kier molecular flexibility index (Phi) is 4.07. The second-order valence-electron chi connectivity index (χ2n) is 7.33. The second-order valence-corrected chi connectivity index (χ2v) is 9.32. The molecular weight excluding hydrogens is 390 g/mol. The van der Waals surface area contributed by atoms with Crippen molar-refractivity contribution in [2.75, 3.05) is 37.3 Å². The standard InChI is InChI=1S/C19H21N7O2S/c1-13-15-11-14(3-4-16(15)22-21-13)17-12-20-18-5-6-19(23-26(17)18)24-7-9-25(10-8-24)29(2,27)28/h3-6,11-12H,7-10H2,1-2H3,(H,21,22). The zero-order chi connectivity index (χ0) is 20.2. The minimum atomic E-state index is -3.15. The molecule has 0 atom stereocenters. The molecule has 0 spiro atoms. The van der Waals surface area contributed by atoms with E-state index in [0.29, 0.717) is 26.2 Å². The monoisotopic (exact) mass is 411 g/mol. The quantitative estimate of drug-likeness (QED) is 0.550. The molecule has 3 aromatic heterocycles. The van der Waals surface area contributed by atoms with Crippen molar-refractivity contribution in [3.63, 3.8) is 0 Å². The topological polar surface area (TPSA) is 99.5 Å². The van der Waals surface area contributed by atoms with Crippen LogP contribution in [0.3, 0.4) is 0 Å². The number of hydrogen-bond acceptors (Lipinski definition) is 6. The van der Waals surface area contributed by atoms with Gasteiger partial charge in [-0.1, -0.05) is 6.07 Å². The van der Waals surface area contributed by atoms with Crippen LogP contribution in [0.1, 0.15) is 5.69 Å². The van der Waals surface area contributed by atoms with Gasteiger partial charge >= 0.3 is 0 Å². The van der Waals surface area contributed by atoms with Gasteiger partial charge in [-0.3, -0.25) is 5.10 Å². The molecule has 1 saturated heterocycles. The number of H-pyrrole nitrogens is 1. The molecule has 0 radical (unpaired) electrons. The molecule has 10 heteroatoms. The molecule has 0 bridgehead atoms. The maximum Gasteiger partial charge on any atom is 0.211 e. The zero-order valence-corrected chi connectivity index (χ0v) is 17.0. The maximum atomic E-state index is 11.7. The first-order valence-corrected chi connectivity index (χ1v) is 11.2. The molecule has 1 aliphatic rings. The predicted octanol–water partition coefficient (Wildman–Crippen LogP) is 1.66. The van der Waals surface area contributed by atoms with Gasteiger partial charge in [0.2, 0.25) is 10.0 Å². The van der Waals surface area contributed by atoms with Crippen molar-refractivity contribution >= 4 is 32.4 Å². The van der Waals surface area contributed by atoms with Gasteiger partial charge in [0, 0.05) is 42.8 Å². The predicted molar refractivity (Wildman–Crippen MR) is 111 cm³/mol. The number of nitrogens with zero attached hydrogens (tertiary/aromatic N) is 6. The van der Waals surface area contributed by atoms with E-state index >= 15 is 0 Å². The van der Waals surface area contributed by atoms with Crippen LogP contribution in [0.2, 0.25) is 0 Å². The van der Waals surface area contributed by atoms with E-state index in [9.17, 15) is 8.42 Å². The molecule has 1 aromatic carbocycles. The van der Waals surface area contributed by atoms with Crippen LogP contribution in [0.5, 0.6) is 0 Å². The number of sulfonamides is 1. The van der Waals surface area contributed by atoms with Gasteiger partial charge in [-0.25, -0.2) is 17.9 Å². The zero-order valence-electron chi connectivity index (χ0n) is 16.2. The SMILES string of the molecule is Cc1[nH]nc2ccc(-c3cnc4ccc(N5CCN(S(C)(=O)=O)CC5)nn34)cc12. The summed E-state index contributed by atoms with van der Waals surface area (Å²) >= 11 is 0. The van der Waals surface area contributed by atoms with Crippen molar-refractivity contribution < 1.29 is 8.42 Å². The Bertz CT molecular complexity index is 1320. The van der Waals surface area contributed by atoms with E-state index in [4.69, 9.17) is 5.10 Å². The molecule has 1 aliphatic heterocycles. The van der Waals surface area contributed by atoms with Crippen molar-refractivity contribution in [2.24, 2.45) is 0 Å². The fourth-order valence-corrected chi connectivity index (χ4v) is 4.60. The highest BCUT2D eigenvalue weighted by Crippen LogP contribution is 2.26. The van der Waals surface area contributed by atoms with Crippen LogP contribution < -0.4 is 4.90 Å². The Balaban J connectivity index is 1.50. The number of aromatic amines is 1. The molecule has 4 aromatic rings. The molecule has 1 fully saturated rings. The third-order valence-corrected chi connectivity index (χ3v) is 6.72. The third-order valence-electron chi connectivity index (χ3n) is 5.42. The highest BCUT2D eigenvalue weighted by Gasteiger charge is 2.24. The molecule has 0 saturated carbocycles. The Labute approximate surface area is 168 Å². The number of hydrogen-bond donors (Lipinski definition) is 1. The molecule has 0 unspecified atom stereocenters. The normalized spacial score (nSPS) is 16.1. The summed E-state index contributed by atoms with van der Waals surface area (Å²) in [7, 11) is -3.15. The first-order chi connectivity index (χ1) is 13.9. The lowest BCUT2D eigenvalue weighted by Crippen LogP contribution is -2.48. The minimum absolute atomic E-state index is 0.464. The summed E-state index contributed by atoms with van der Waals surface area (Å²) < 4.78 is 26.8. The number of piperazine rings is 1. The average molecular weight is 411 g/mol.